The Bertz CT molecular complexity index is 261. The van der Waals surface area contributed by atoms with Crippen LogP contribution in [-0.4, -0.2) is 28.0 Å². The van der Waals surface area contributed by atoms with E-state index in [4.69, 9.17) is 0 Å². The topological polar surface area (TPSA) is 58.0 Å². The highest BCUT2D eigenvalue weighted by Gasteiger charge is 2.02. The van der Waals surface area contributed by atoms with Crippen LogP contribution in [0.25, 0.3) is 0 Å². The van der Waals surface area contributed by atoms with Gasteiger partial charge >= 0.3 is 0 Å². The van der Waals surface area contributed by atoms with Crippen molar-refractivity contribution in [2.75, 3.05) is 11.9 Å². The summed E-state index contributed by atoms with van der Waals surface area (Å²) in [6.07, 6.45) is 1.50. The molecule has 0 aliphatic rings. The molecule has 0 bridgehead atoms. The third-order valence-electron chi connectivity index (χ3n) is 1.94. The summed E-state index contributed by atoms with van der Waals surface area (Å²) < 4.78 is 0. The van der Waals surface area contributed by atoms with E-state index in [-0.39, 0.29) is 6.10 Å². The Morgan fingerprint density at radius 2 is 2.21 bits per heavy atom. The molecular weight excluding hydrogens is 178 g/mol. The van der Waals surface area contributed by atoms with Crippen molar-refractivity contribution in [3.8, 4) is 0 Å². The van der Waals surface area contributed by atoms with Crippen LogP contribution >= 0.6 is 0 Å². The van der Waals surface area contributed by atoms with Crippen LogP contribution in [0.1, 0.15) is 25.5 Å². The van der Waals surface area contributed by atoms with Gasteiger partial charge in [-0.2, -0.15) is 5.10 Å². The number of aromatic nitrogens is 2. The monoisotopic (exact) mass is 195 g/mol. The summed E-state index contributed by atoms with van der Waals surface area (Å²) in [5.74, 6) is 0.714. The van der Waals surface area contributed by atoms with Crippen molar-refractivity contribution in [1.29, 1.82) is 0 Å². The SMILES string of the molecule is CCCC(O)CNc1ccc(C)nn1. The number of anilines is 1. The number of hydrogen-bond acceptors (Lipinski definition) is 4. The van der Waals surface area contributed by atoms with Crippen molar-refractivity contribution < 1.29 is 5.11 Å². The van der Waals surface area contributed by atoms with Gasteiger partial charge in [-0.25, -0.2) is 0 Å². The lowest BCUT2D eigenvalue weighted by atomic mass is 10.2. The van der Waals surface area contributed by atoms with Gasteiger partial charge in [-0.1, -0.05) is 13.3 Å². The molecule has 14 heavy (non-hydrogen) atoms. The lowest BCUT2D eigenvalue weighted by molar-refractivity contribution is 0.176. The van der Waals surface area contributed by atoms with Crippen LogP contribution in [0.2, 0.25) is 0 Å². The number of aliphatic hydroxyl groups excluding tert-OH is 1. The average molecular weight is 195 g/mol. The van der Waals surface area contributed by atoms with Crippen molar-refractivity contribution in [1.82, 2.24) is 10.2 Å². The van der Waals surface area contributed by atoms with Gasteiger partial charge in [0.2, 0.25) is 0 Å². The zero-order valence-corrected chi connectivity index (χ0v) is 8.70. The van der Waals surface area contributed by atoms with Crippen molar-refractivity contribution in [3.63, 3.8) is 0 Å². The minimum absolute atomic E-state index is 0.303. The van der Waals surface area contributed by atoms with Gasteiger partial charge in [-0.15, -0.1) is 5.10 Å². The van der Waals surface area contributed by atoms with Crippen molar-refractivity contribution in [2.24, 2.45) is 0 Å². The summed E-state index contributed by atoms with van der Waals surface area (Å²) in [4.78, 5) is 0. The van der Waals surface area contributed by atoms with Crippen molar-refractivity contribution >= 4 is 5.82 Å². The molecule has 0 saturated heterocycles. The molecule has 1 unspecified atom stereocenters. The summed E-state index contributed by atoms with van der Waals surface area (Å²) >= 11 is 0. The lowest BCUT2D eigenvalue weighted by Gasteiger charge is -2.10. The maximum atomic E-state index is 9.45. The highest BCUT2D eigenvalue weighted by Crippen LogP contribution is 2.02. The van der Waals surface area contributed by atoms with Gasteiger partial charge in [0.15, 0.2) is 0 Å². The molecule has 78 valence electrons. The van der Waals surface area contributed by atoms with Gasteiger partial charge in [-0.05, 0) is 25.5 Å². The second-order valence-corrected chi connectivity index (χ2v) is 3.38. The number of aliphatic hydroxyl groups is 1. The first-order valence-electron chi connectivity index (χ1n) is 4.94. The quantitative estimate of drug-likeness (QED) is 0.744. The molecule has 1 atom stereocenters. The van der Waals surface area contributed by atoms with Crippen molar-refractivity contribution in [3.05, 3.63) is 17.8 Å². The fourth-order valence-corrected chi connectivity index (χ4v) is 1.15. The third kappa shape index (κ3) is 3.70. The summed E-state index contributed by atoms with van der Waals surface area (Å²) in [6, 6.07) is 3.75. The van der Waals surface area contributed by atoms with E-state index < -0.39 is 0 Å². The Morgan fingerprint density at radius 3 is 2.79 bits per heavy atom. The van der Waals surface area contributed by atoms with E-state index in [0.29, 0.717) is 12.4 Å². The Labute approximate surface area is 84.4 Å². The second-order valence-electron chi connectivity index (χ2n) is 3.38. The van der Waals surface area contributed by atoms with Gasteiger partial charge in [0, 0.05) is 6.54 Å². The molecule has 1 aromatic heterocycles. The number of nitrogens with zero attached hydrogens (tertiary/aromatic N) is 2. The maximum Gasteiger partial charge on any atom is 0.148 e. The Balaban J connectivity index is 2.34. The molecule has 1 aromatic rings. The van der Waals surface area contributed by atoms with Crippen LogP contribution in [-0.2, 0) is 0 Å². The van der Waals surface area contributed by atoms with Crippen molar-refractivity contribution in [2.45, 2.75) is 32.8 Å². The van der Waals surface area contributed by atoms with Crippen LogP contribution in [0, 0.1) is 6.92 Å². The molecule has 2 N–H and O–H groups in total. The minimum Gasteiger partial charge on any atom is -0.391 e. The van der Waals surface area contributed by atoms with Gasteiger partial charge in [-0.3, -0.25) is 0 Å². The zero-order chi connectivity index (χ0) is 10.4. The van der Waals surface area contributed by atoms with Crippen LogP contribution in [0.4, 0.5) is 5.82 Å². The molecule has 4 heteroatoms. The highest BCUT2D eigenvalue weighted by atomic mass is 16.3. The van der Waals surface area contributed by atoms with E-state index in [0.717, 1.165) is 18.5 Å². The van der Waals surface area contributed by atoms with Gasteiger partial charge in [0.05, 0.1) is 11.8 Å². The minimum atomic E-state index is -0.303. The number of aryl methyl sites for hydroxylation is 1. The number of rotatable bonds is 5. The molecule has 1 heterocycles. The molecule has 0 amide bonds. The smallest absolute Gasteiger partial charge is 0.148 e. The van der Waals surface area contributed by atoms with Crippen LogP contribution in [0.3, 0.4) is 0 Å². The summed E-state index contributed by atoms with van der Waals surface area (Å²) in [5, 5.41) is 20.3. The average Bonchev–Trinajstić information content (AvgIpc) is 2.17. The molecule has 0 aromatic carbocycles. The first-order chi connectivity index (χ1) is 6.72. The van der Waals surface area contributed by atoms with E-state index in [1.165, 1.54) is 0 Å². The third-order valence-corrected chi connectivity index (χ3v) is 1.94. The zero-order valence-electron chi connectivity index (χ0n) is 8.70. The Morgan fingerprint density at radius 1 is 1.43 bits per heavy atom. The van der Waals surface area contributed by atoms with E-state index in [1.807, 2.05) is 19.1 Å². The number of nitrogens with one attached hydrogen (secondary N) is 1. The lowest BCUT2D eigenvalue weighted by Crippen LogP contribution is -2.19. The standard InChI is InChI=1S/C10H17N3O/c1-3-4-9(14)7-11-10-6-5-8(2)12-13-10/h5-6,9,14H,3-4,7H2,1-2H3,(H,11,13). The van der Waals surface area contributed by atoms with Crippen LogP contribution in [0.15, 0.2) is 12.1 Å². The number of hydrogen-bond donors (Lipinski definition) is 2. The Kier molecular flexibility index (Phi) is 4.32. The summed E-state index contributed by atoms with van der Waals surface area (Å²) in [7, 11) is 0. The normalized spacial score (nSPS) is 12.5. The predicted molar refractivity (Wildman–Crippen MR) is 56.2 cm³/mol. The first-order valence-corrected chi connectivity index (χ1v) is 4.94. The molecule has 0 fully saturated rings. The van der Waals surface area contributed by atoms with Crippen LogP contribution < -0.4 is 5.32 Å². The van der Waals surface area contributed by atoms with E-state index in [9.17, 15) is 5.11 Å². The molecule has 0 aliphatic carbocycles. The molecule has 0 spiro atoms. The van der Waals surface area contributed by atoms with Gasteiger partial charge in [0.1, 0.15) is 5.82 Å². The fraction of sp³-hybridized carbons (Fsp3) is 0.600. The molecule has 1 rings (SSSR count). The summed E-state index contributed by atoms with van der Waals surface area (Å²) in [5.41, 5.74) is 0.893. The largest absolute Gasteiger partial charge is 0.391 e. The summed E-state index contributed by atoms with van der Waals surface area (Å²) in [6.45, 7) is 4.48. The molecule has 0 saturated carbocycles. The molecule has 4 nitrogen and oxygen atoms in total. The van der Waals surface area contributed by atoms with E-state index >= 15 is 0 Å². The fourth-order valence-electron chi connectivity index (χ4n) is 1.15. The van der Waals surface area contributed by atoms with E-state index in [2.05, 4.69) is 22.4 Å². The Hall–Kier alpha value is -1.16. The van der Waals surface area contributed by atoms with Gasteiger partial charge < -0.3 is 10.4 Å². The van der Waals surface area contributed by atoms with Gasteiger partial charge in [0.25, 0.3) is 0 Å². The highest BCUT2D eigenvalue weighted by molar-refractivity contribution is 5.32. The maximum absolute atomic E-state index is 9.45. The molecule has 0 aliphatic heterocycles. The van der Waals surface area contributed by atoms with E-state index in [1.54, 1.807) is 0 Å². The first kappa shape index (κ1) is 10.9. The molecular formula is C10H17N3O. The second kappa shape index (κ2) is 5.54. The van der Waals surface area contributed by atoms with Crippen LogP contribution in [0.5, 0.6) is 0 Å². The molecule has 0 radical (unpaired) electrons. The predicted octanol–water partition coefficient (Wildman–Crippen LogP) is 1.36.